The molecule has 0 heterocycles. The van der Waals surface area contributed by atoms with Crippen LogP contribution in [0.15, 0.2) is 61.2 Å². The van der Waals surface area contributed by atoms with Crippen molar-refractivity contribution >= 4 is 17.3 Å². The fraction of sp³-hybridized carbons (Fsp3) is 0.118. The lowest BCUT2D eigenvalue weighted by atomic mass is 10.2. The van der Waals surface area contributed by atoms with Crippen LogP contribution in [0.5, 0.6) is 5.75 Å². The number of carbonyl (C=O) groups is 1. The number of methoxy groups -OCH3 is 1. The van der Waals surface area contributed by atoms with Crippen molar-refractivity contribution in [3.05, 3.63) is 66.7 Å². The molecule has 108 valence electrons. The van der Waals surface area contributed by atoms with Crippen LogP contribution in [0.3, 0.4) is 0 Å². The van der Waals surface area contributed by atoms with E-state index in [1.807, 2.05) is 30.3 Å². The van der Waals surface area contributed by atoms with Crippen LogP contribution in [0, 0.1) is 0 Å². The Hall–Kier alpha value is -2.75. The van der Waals surface area contributed by atoms with Gasteiger partial charge >= 0.3 is 0 Å². The summed E-state index contributed by atoms with van der Waals surface area (Å²) in [4.78, 5) is 12.2. The van der Waals surface area contributed by atoms with Crippen LogP contribution in [-0.4, -0.2) is 19.6 Å². The van der Waals surface area contributed by atoms with Gasteiger partial charge in [-0.3, -0.25) is 4.79 Å². The molecule has 1 amide bonds. The van der Waals surface area contributed by atoms with E-state index in [-0.39, 0.29) is 5.91 Å². The second-order valence-electron chi connectivity index (χ2n) is 4.40. The number of amides is 1. The Labute approximate surface area is 124 Å². The van der Waals surface area contributed by atoms with Gasteiger partial charge in [-0.25, -0.2) is 0 Å². The number of nitrogens with one attached hydrogen (secondary N) is 2. The van der Waals surface area contributed by atoms with E-state index >= 15 is 0 Å². The molecule has 0 saturated carbocycles. The van der Waals surface area contributed by atoms with E-state index < -0.39 is 0 Å². The zero-order chi connectivity index (χ0) is 15.1. The Morgan fingerprint density at radius 1 is 1.14 bits per heavy atom. The van der Waals surface area contributed by atoms with E-state index in [0.717, 1.165) is 11.4 Å². The van der Waals surface area contributed by atoms with Crippen LogP contribution >= 0.6 is 0 Å². The van der Waals surface area contributed by atoms with Crippen LogP contribution in [0.2, 0.25) is 0 Å². The molecule has 0 unspecified atom stereocenters. The number of carbonyl (C=O) groups excluding carboxylic acids is 1. The summed E-state index contributed by atoms with van der Waals surface area (Å²) in [5.74, 6) is 0.360. The van der Waals surface area contributed by atoms with Crippen LogP contribution < -0.4 is 15.4 Å². The molecule has 21 heavy (non-hydrogen) atoms. The fourth-order valence-corrected chi connectivity index (χ4v) is 1.89. The predicted molar refractivity (Wildman–Crippen MR) is 86.1 cm³/mol. The largest absolute Gasteiger partial charge is 0.496 e. The van der Waals surface area contributed by atoms with Crippen molar-refractivity contribution in [3.8, 4) is 5.75 Å². The normalized spacial score (nSPS) is 9.76. The second-order valence-corrected chi connectivity index (χ2v) is 4.40. The maximum atomic E-state index is 12.2. The third-order valence-electron chi connectivity index (χ3n) is 2.94. The second kappa shape index (κ2) is 7.14. The molecule has 0 aliphatic carbocycles. The number of anilines is 2. The Morgan fingerprint density at radius 3 is 2.48 bits per heavy atom. The summed E-state index contributed by atoms with van der Waals surface area (Å²) in [6, 6.07) is 14.6. The summed E-state index contributed by atoms with van der Waals surface area (Å²) < 4.78 is 5.19. The molecular weight excluding hydrogens is 264 g/mol. The van der Waals surface area contributed by atoms with Gasteiger partial charge < -0.3 is 15.4 Å². The molecule has 0 bridgehead atoms. The smallest absolute Gasteiger partial charge is 0.259 e. The van der Waals surface area contributed by atoms with Gasteiger partial charge in [-0.1, -0.05) is 18.2 Å². The van der Waals surface area contributed by atoms with Crippen molar-refractivity contribution in [3.63, 3.8) is 0 Å². The summed E-state index contributed by atoms with van der Waals surface area (Å²) in [5, 5.41) is 6.02. The minimum Gasteiger partial charge on any atom is -0.496 e. The van der Waals surface area contributed by atoms with E-state index in [1.54, 1.807) is 31.4 Å². The first-order valence-corrected chi connectivity index (χ1v) is 6.64. The van der Waals surface area contributed by atoms with Gasteiger partial charge in [-0.05, 0) is 36.4 Å². The van der Waals surface area contributed by atoms with Crippen molar-refractivity contribution in [1.82, 2.24) is 0 Å². The van der Waals surface area contributed by atoms with Crippen LogP contribution in [-0.2, 0) is 0 Å². The monoisotopic (exact) mass is 282 g/mol. The molecule has 0 spiro atoms. The molecule has 2 aromatic rings. The molecule has 2 N–H and O–H groups in total. The number of hydrogen-bond acceptors (Lipinski definition) is 3. The van der Waals surface area contributed by atoms with Crippen LogP contribution in [0.25, 0.3) is 0 Å². The van der Waals surface area contributed by atoms with Gasteiger partial charge in [0.1, 0.15) is 5.75 Å². The van der Waals surface area contributed by atoms with Crippen molar-refractivity contribution in [2.24, 2.45) is 0 Å². The van der Waals surface area contributed by atoms with E-state index in [2.05, 4.69) is 17.2 Å². The summed E-state index contributed by atoms with van der Waals surface area (Å²) in [6.07, 6.45) is 1.79. The highest BCUT2D eigenvalue weighted by Crippen LogP contribution is 2.20. The molecule has 2 aromatic carbocycles. The molecule has 2 rings (SSSR count). The lowest BCUT2D eigenvalue weighted by Crippen LogP contribution is -2.13. The number of rotatable bonds is 6. The summed E-state index contributed by atoms with van der Waals surface area (Å²) >= 11 is 0. The Bertz CT molecular complexity index is 621. The fourth-order valence-electron chi connectivity index (χ4n) is 1.89. The van der Waals surface area contributed by atoms with E-state index in [9.17, 15) is 4.79 Å². The number of hydrogen-bond donors (Lipinski definition) is 2. The van der Waals surface area contributed by atoms with Gasteiger partial charge in [0, 0.05) is 17.9 Å². The van der Waals surface area contributed by atoms with Gasteiger partial charge in [0.05, 0.1) is 12.7 Å². The first-order valence-electron chi connectivity index (χ1n) is 6.64. The zero-order valence-corrected chi connectivity index (χ0v) is 11.9. The van der Waals surface area contributed by atoms with Gasteiger partial charge in [0.25, 0.3) is 5.91 Å². The molecule has 0 saturated heterocycles. The zero-order valence-electron chi connectivity index (χ0n) is 11.9. The summed E-state index contributed by atoms with van der Waals surface area (Å²) in [7, 11) is 1.55. The Balaban J connectivity index is 2.07. The van der Waals surface area contributed by atoms with Crippen molar-refractivity contribution in [2.45, 2.75) is 0 Å². The van der Waals surface area contributed by atoms with Gasteiger partial charge in [0.2, 0.25) is 0 Å². The predicted octanol–water partition coefficient (Wildman–Crippen LogP) is 3.55. The highest BCUT2D eigenvalue weighted by molar-refractivity contribution is 6.06. The molecule has 0 fully saturated rings. The first kappa shape index (κ1) is 14.7. The molecule has 0 aromatic heterocycles. The highest BCUT2D eigenvalue weighted by Gasteiger charge is 2.11. The Kier molecular flexibility index (Phi) is 4.99. The SMILES string of the molecule is C=CCNc1ccc(NC(=O)c2ccccc2OC)cc1. The minimum absolute atomic E-state index is 0.195. The average molecular weight is 282 g/mol. The summed E-state index contributed by atoms with van der Waals surface area (Å²) in [5.41, 5.74) is 2.22. The maximum Gasteiger partial charge on any atom is 0.259 e. The standard InChI is InChI=1S/C17H18N2O2/c1-3-12-18-13-8-10-14(11-9-13)19-17(20)15-6-4-5-7-16(15)21-2/h3-11,18H,1,12H2,2H3,(H,19,20). The summed E-state index contributed by atoms with van der Waals surface area (Å²) in [6.45, 7) is 4.35. The average Bonchev–Trinajstić information content (AvgIpc) is 2.54. The molecule has 4 heteroatoms. The maximum absolute atomic E-state index is 12.2. The van der Waals surface area contributed by atoms with Crippen molar-refractivity contribution in [2.75, 3.05) is 24.3 Å². The Morgan fingerprint density at radius 2 is 1.81 bits per heavy atom. The molecule has 0 radical (unpaired) electrons. The molecular formula is C17H18N2O2. The van der Waals surface area contributed by atoms with Gasteiger partial charge in [-0.2, -0.15) is 0 Å². The third kappa shape index (κ3) is 3.86. The molecule has 0 aliphatic heterocycles. The van der Waals surface area contributed by atoms with Crippen LogP contribution in [0.4, 0.5) is 11.4 Å². The van der Waals surface area contributed by atoms with Gasteiger partial charge in [0.15, 0.2) is 0 Å². The number of para-hydroxylation sites is 1. The number of benzene rings is 2. The lowest BCUT2D eigenvalue weighted by Gasteiger charge is -2.10. The highest BCUT2D eigenvalue weighted by atomic mass is 16.5. The van der Waals surface area contributed by atoms with Crippen molar-refractivity contribution < 1.29 is 9.53 Å². The first-order chi connectivity index (χ1) is 10.2. The number of ether oxygens (including phenoxy) is 1. The molecule has 0 aliphatic rings. The van der Waals surface area contributed by atoms with Crippen molar-refractivity contribution in [1.29, 1.82) is 0 Å². The van der Waals surface area contributed by atoms with E-state index in [1.165, 1.54) is 0 Å². The van der Waals surface area contributed by atoms with Crippen LogP contribution in [0.1, 0.15) is 10.4 Å². The van der Waals surface area contributed by atoms with Gasteiger partial charge in [-0.15, -0.1) is 6.58 Å². The van der Waals surface area contributed by atoms with E-state index in [0.29, 0.717) is 17.9 Å². The van der Waals surface area contributed by atoms with E-state index in [4.69, 9.17) is 4.74 Å². The quantitative estimate of drug-likeness (QED) is 0.797. The minimum atomic E-state index is -0.195. The third-order valence-corrected chi connectivity index (χ3v) is 2.94. The topological polar surface area (TPSA) is 50.4 Å². The molecule has 4 nitrogen and oxygen atoms in total. The lowest BCUT2D eigenvalue weighted by molar-refractivity contribution is 0.102. The molecule has 0 atom stereocenters.